The fourth-order valence-electron chi connectivity index (χ4n) is 2.46. The van der Waals surface area contributed by atoms with Gasteiger partial charge in [0.25, 0.3) is 0 Å². The van der Waals surface area contributed by atoms with E-state index in [4.69, 9.17) is 0 Å². The maximum atomic E-state index is 10.3. The van der Waals surface area contributed by atoms with Crippen molar-refractivity contribution >= 4 is 0 Å². The number of imidazole rings is 1. The van der Waals surface area contributed by atoms with Gasteiger partial charge in [-0.05, 0) is 23.5 Å². The van der Waals surface area contributed by atoms with Crippen LogP contribution in [-0.2, 0) is 19.4 Å². The van der Waals surface area contributed by atoms with Crippen LogP contribution < -0.4 is 0 Å². The minimum Gasteiger partial charge on any atom is -0.387 e. The largest absolute Gasteiger partial charge is 0.387 e. The van der Waals surface area contributed by atoms with Gasteiger partial charge in [0, 0.05) is 18.8 Å². The van der Waals surface area contributed by atoms with Gasteiger partial charge in [-0.25, -0.2) is 4.98 Å². The van der Waals surface area contributed by atoms with Gasteiger partial charge in [-0.15, -0.1) is 0 Å². The fourth-order valence-corrected chi connectivity index (χ4v) is 2.46. The summed E-state index contributed by atoms with van der Waals surface area (Å²) in [6.45, 7) is 7.07. The molecule has 1 unspecified atom stereocenters. The minimum absolute atomic E-state index is 0.484. The van der Waals surface area contributed by atoms with E-state index in [9.17, 15) is 5.11 Å². The number of benzene rings is 1. The van der Waals surface area contributed by atoms with Crippen molar-refractivity contribution in [3.63, 3.8) is 0 Å². The number of aliphatic hydroxyl groups is 1. The summed E-state index contributed by atoms with van der Waals surface area (Å²) in [4.78, 5) is 4.28. The summed E-state index contributed by atoms with van der Waals surface area (Å²) in [5.41, 5.74) is 2.29. The van der Waals surface area contributed by atoms with Crippen LogP contribution in [0.1, 0.15) is 43.8 Å². The van der Waals surface area contributed by atoms with Crippen LogP contribution >= 0.6 is 0 Å². The van der Waals surface area contributed by atoms with Crippen LogP contribution in [0.25, 0.3) is 0 Å². The lowest BCUT2D eigenvalue weighted by Crippen LogP contribution is -2.10. The number of hydrogen-bond donors (Lipinski definition) is 1. The Kier molecular flexibility index (Phi) is 4.96. The second kappa shape index (κ2) is 6.71. The molecule has 0 amide bonds. The van der Waals surface area contributed by atoms with Crippen LogP contribution in [0.4, 0.5) is 0 Å². The standard InChI is InChI=1S/C17H24N2O/c1-4-17-18-9-10-19(17)12-16(20)15-7-5-14(6-8-15)11-13(2)3/h5-10,13,16,20H,4,11-12H2,1-3H3. The molecule has 3 nitrogen and oxygen atoms in total. The van der Waals surface area contributed by atoms with Crippen molar-refractivity contribution in [2.24, 2.45) is 5.92 Å². The highest BCUT2D eigenvalue weighted by Gasteiger charge is 2.10. The molecule has 2 rings (SSSR count). The Labute approximate surface area is 121 Å². The predicted octanol–water partition coefficient (Wildman–Crippen LogP) is 3.38. The Morgan fingerprint density at radius 2 is 1.90 bits per heavy atom. The third-order valence-corrected chi connectivity index (χ3v) is 3.50. The van der Waals surface area contributed by atoms with E-state index < -0.39 is 6.10 Å². The lowest BCUT2D eigenvalue weighted by Gasteiger charge is -2.14. The normalized spacial score (nSPS) is 12.8. The van der Waals surface area contributed by atoms with Crippen LogP contribution in [0.5, 0.6) is 0 Å². The van der Waals surface area contributed by atoms with E-state index in [1.54, 1.807) is 6.20 Å². The first kappa shape index (κ1) is 14.8. The molecule has 0 radical (unpaired) electrons. The summed E-state index contributed by atoms with van der Waals surface area (Å²) in [7, 11) is 0. The molecule has 108 valence electrons. The van der Waals surface area contributed by atoms with E-state index in [1.807, 2.05) is 22.9 Å². The molecule has 0 aliphatic heterocycles. The molecule has 0 saturated carbocycles. The summed E-state index contributed by atoms with van der Waals surface area (Å²) < 4.78 is 2.02. The summed E-state index contributed by atoms with van der Waals surface area (Å²) >= 11 is 0. The Morgan fingerprint density at radius 1 is 1.20 bits per heavy atom. The second-order valence-corrected chi connectivity index (χ2v) is 5.70. The molecule has 0 fully saturated rings. The third-order valence-electron chi connectivity index (χ3n) is 3.50. The average molecular weight is 272 g/mol. The average Bonchev–Trinajstić information content (AvgIpc) is 2.86. The van der Waals surface area contributed by atoms with Crippen LogP contribution in [0.3, 0.4) is 0 Å². The third kappa shape index (κ3) is 3.70. The van der Waals surface area contributed by atoms with E-state index in [-0.39, 0.29) is 0 Å². The molecule has 1 aromatic heterocycles. The van der Waals surface area contributed by atoms with Crippen molar-refractivity contribution in [1.82, 2.24) is 9.55 Å². The van der Waals surface area contributed by atoms with Crippen molar-refractivity contribution in [3.05, 3.63) is 53.6 Å². The highest BCUT2D eigenvalue weighted by atomic mass is 16.3. The number of rotatable bonds is 6. The maximum absolute atomic E-state index is 10.3. The van der Waals surface area contributed by atoms with Crippen LogP contribution in [0, 0.1) is 5.92 Å². The van der Waals surface area contributed by atoms with Crippen LogP contribution in [0.2, 0.25) is 0 Å². The number of hydrogen-bond acceptors (Lipinski definition) is 2. The van der Waals surface area contributed by atoms with Gasteiger partial charge in [-0.3, -0.25) is 0 Å². The van der Waals surface area contributed by atoms with E-state index in [0.29, 0.717) is 12.5 Å². The molecule has 1 aromatic carbocycles. The van der Waals surface area contributed by atoms with E-state index in [1.165, 1.54) is 5.56 Å². The molecule has 0 spiro atoms. The molecule has 0 saturated heterocycles. The predicted molar refractivity (Wildman–Crippen MR) is 81.5 cm³/mol. The van der Waals surface area contributed by atoms with Gasteiger partial charge >= 0.3 is 0 Å². The number of aryl methyl sites for hydroxylation is 1. The zero-order valence-electron chi connectivity index (χ0n) is 12.6. The Bertz CT molecular complexity index is 528. The smallest absolute Gasteiger partial charge is 0.108 e. The lowest BCUT2D eigenvalue weighted by atomic mass is 10.0. The Hall–Kier alpha value is -1.61. The molecule has 20 heavy (non-hydrogen) atoms. The highest BCUT2D eigenvalue weighted by Crippen LogP contribution is 2.18. The fraction of sp³-hybridized carbons (Fsp3) is 0.471. The zero-order chi connectivity index (χ0) is 14.5. The summed E-state index contributed by atoms with van der Waals surface area (Å²) in [5.74, 6) is 1.67. The molecule has 2 aromatic rings. The molecule has 3 heteroatoms. The summed E-state index contributed by atoms with van der Waals surface area (Å²) in [6.07, 6.45) is 5.19. The van der Waals surface area contributed by atoms with E-state index in [0.717, 1.165) is 24.2 Å². The summed E-state index contributed by atoms with van der Waals surface area (Å²) in [5, 5.41) is 10.3. The van der Waals surface area contributed by atoms with Crippen LogP contribution in [0.15, 0.2) is 36.7 Å². The number of nitrogens with zero attached hydrogens (tertiary/aromatic N) is 2. The van der Waals surface area contributed by atoms with E-state index in [2.05, 4.69) is 37.9 Å². The van der Waals surface area contributed by atoms with Gasteiger partial charge < -0.3 is 9.67 Å². The van der Waals surface area contributed by atoms with Crippen molar-refractivity contribution in [1.29, 1.82) is 0 Å². The lowest BCUT2D eigenvalue weighted by molar-refractivity contribution is 0.155. The number of aliphatic hydroxyl groups excluding tert-OH is 1. The molecule has 1 atom stereocenters. The summed E-state index contributed by atoms with van der Waals surface area (Å²) in [6, 6.07) is 8.30. The van der Waals surface area contributed by atoms with Gasteiger partial charge in [-0.1, -0.05) is 45.0 Å². The SMILES string of the molecule is CCc1nccn1CC(O)c1ccc(CC(C)C)cc1. The van der Waals surface area contributed by atoms with Crippen molar-refractivity contribution in [3.8, 4) is 0 Å². The first-order valence-corrected chi connectivity index (χ1v) is 7.37. The molecule has 0 aliphatic carbocycles. The molecule has 0 bridgehead atoms. The van der Waals surface area contributed by atoms with Crippen molar-refractivity contribution in [2.75, 3.05) is 0 Å². The first-order chi connectivity index (χ1) is 9.60. The quantitative estimate of drug-likeness (QED) is 0.875. The van der Waals surface area contributed by atoms with Crippen molar-refractivity contribution < 1.29 is 5.11 Å². The second-order valence-electron chi connectivity index (χ2n) is 5.70. The Balaban J connectivity index is 2.04. The maximum Gasteiger partial charge on any atom is 0.108 e. The van der Waals surface area contributed by atoms with Crippen molar-refractivity contribution in [2.45, 2.75) is 46.3 Å². The molecular weight excluding hydrogens is 248 g/mol. The minimum atomic E-state index is -0.484. The number of aromatic nitrogens is 2. The molecule has 1 N–H and O–H groups in total. The highest BCUT2D eigenvalue weighted by molar-refractivity contribution is 5.24. The topological polar surface area (TPSA) is 38.0 Å². The Morgan fingerprint density at radius 3 is 2.50 bits per heavy atom. The van der Waals surface area contributed by atoms with Crippen LogP contribution in [-0.4, -0.2) is 14.7 Å². The van der Waals surface area contributed by atoms with Gasteiger partial charge in [0.05, 0.1) is 12.6 Å². The molecule has 0 aliphatic rings. The van der Waals surface area contributed by atoms with Gasteiger partial charge in [-0.2, -0.15) is 0 Å². The zero-order valence-corrected chi connectivity index (χ0v) is 12.6. The first-order valence-electron chi connectivity index (χ1n) is 7.37. The molecular formula is C17H24N2O. The van der Waals surface area contributed by atoms with Gasteiger partial charge in [0.2, 0.25) is 0 Å². The monoisotopic (exact) mass is 272 g/mol. The van der Waals surface area contributed by atoms with Gasteiger partial charge in [0.1, 0.15) is 5.82 Å². The van der Waals surface area contributed by atoms with E-state index >= 15 is 0 Å². The molecule has 1 heterocycles. The van der Waals surface area contributed by atoms with Gasteiger partial charge in [0.15, 0.2) is 0 Å².